The Labute approximate surface area is 124 Å². The van der Waals surface area contributed by atoms with Gasteiger partial charge in [0.2, 0.25) is 10.0 Å². The highest BCUT2D eigenvalue weighted by molar-refractivity contribution is 7.89. The SMILES string of the molecule is CCN(Cc1ccncc1)S(=O)(=O)c1ccccc1C#N. The maximum absolute atomic E-state index is 12.7. The third kappa shape index (κ3) is 3.27. The first-order valence-corrected chi connectivity index (χ1v) is 7.91. The van der Waals surface area contributed by atoms with Crippen molar-refractivity contribution in [3.05, 3.63) is 59.9 Å². The minimum Gasteiger partial charge on any atom is -0.265 e. The lowest BCUT2D eigenvalue weighted by Gasteiger charge is -2.21. The Balaban J connectivity index is 2.39. The van der Waals surface area contributed by atoms with Crippen LogP contribution in [0.1, 0.15) is 18.1 Å². The van der Waals surface area contributed by atoms with Crippen molar-refractivity contribution in [2.75, 3.05) is 6.54 Å². The molecule has 0 radical (unpaired) electrons. The number of pyridine rings is 1. The van der Waals surface area contributed by atoms with Crippen LogP contribution in [-0.4, -0.2) is 24.3 Å². The van der Waals surface area contributed by atoms with E-state index in [1.54, 1.807) is 43.6 Å². The second-order valence-corrected chi connectivity index (χ2v) is 6.30. The molecule has 0 unspecified atom stereocenters. The molecular formula is C15H15N3O2S. The Morgan fingerprint density at radius 3 is 2.48 bits per heavy atom. The van der Waals surface area contributed by atoms with E-state index in [1.165, 1.54) is 16.4 Å². The summed E-state index contributed by atoms with van der Waals surface area (Å²) in [5.41, 5.74) is 1.01. The molecule has 0 fully saturated rings. The number of rotatable bonds is 5. The van der Waals surface area contributed by atoms with Gasteiger partial charge in [0.15, 0.2) is 0 Å². The zero-order valence-corrected chi connectivity index (χ0v) is 12.4. The predicted molar refractivity (Wildman–Crippen MR) is 78.7 cm³/mol. The normalized spacial score (nSPS) is 11.3. The van der Waals surface area contributed by atoms with Crippen LogP contribution in [0.4, 0.5) is 0 Å². The van der Waals surface area contributed by atoms with Crippen LogP contribution in [0.5, 0.6) is 0 Å². The van der Waals surface area contributed by atoms with Crippen molar-refractivity contribution in [1.82, 2.24) is 9.29 Å². The molecule has 0 amide bonds. The molecule has 0 aliphatic carbocycles. The van der Waals surface area contributed by atoms with E-state index in [2.05, 4.69) is 4.98 Å². The summed E-state index contributed by atoms with van der Waals surface area (Å²) < 4.78 is 26.8. The quantitative estimate of drug-likeness (QED) is 0.848. The first kappa shape index (κ1) is 15.2. The Morgan fingerprint density at radius 2 is 1.86 bits per heavy atom. The van der Waals surface area contributed by atoms with Gasteiger partial charge in [-0.1, -0.05) is 19.1 Å². The number of aromatic nitrogens is 1. The summed E-state index contributed by atoms with van der Waals surface area (Å²) in [5.74, 6) is 0. The van der Waals surface area contributed by atoms with Crippen LogP contribution in [0, 0.1) is 11.3 Å². The van der Waals surface area contributed by atoms with Crippen LogP contribution in [0.2, 0.25) is 0 Å². The zero-order valence-electron chi connectivity index (χ0n) is 11.6. The van der Waals surface area contributed by atoms with E-state index in [0.29, 0.717) is 6.54 Å². The van der Waals surface area contributed by atoms with E-state index in [4.69, 9.17) is 5.26 Å². The number of nitrogens with zero attached hydrogens (tertiary/aromatic N) is 3. The molecule has 0 saturated heterocycles. The van der Waals surface area contributed by atoms with Gasteiger partial charge in [-0.2, -0.15) is 9.57 Å². The van der Waals surface area contributed by atoms with E-state index in [1.807, 2.05) is 6.07 Å². The number of hydrogen-bond acceptors (Lipinski definition) is 4. The van der Waals surface area contributed by atoms with Gasteiger partial charge in [-0.3, -0.25) is 4.98 Å². The highest BCUT2D eigenvalue weighted by atomic mass is 32.2. The fraction of sp³-hybridized carbons (Fsp3) is 0.200. The largest absolute Gasteiger partial charge is 0.265 e. The standard InChI is InChI=1S/C15H15N3O2S/c1-2-18(12-13-7-9-17-10-8-13)21(19,20)15-6-4-3-5-14(15)11-16/h3-10H,2,12H2,1H3. The van der Waals surface area contributed by atoms with Crippen LogP contribution in [0.25, 0.3) is 0 Å². The van der Waals surface area contributed by atoms with Gasteiger partial charge in [-0.25, -0.2) is 8.42 Å². The third-order valence-electron chi connectivity index (χ3n) is 3.09. The van der Waals surface area contributed by atoms with Crippen molar-refractivity contribution in [1.29, 1.82) is 5.26 Å². The summed E-state index contributed by atoms with van der Waals surface area (Å²) in [6, 6.07) is 11.7. The predicted octanol–water partition coefficient (Wildman–Crippen LogP) is 2.16. The molecule has 0 spiro atoms. The van der Waals surface area contributed by atoms with Gasteiger partial charge < -0.3 is 0 Å². The minimum atomic E-state index is -3.70. The molecule has 0 saturated carbocycles. The lowest BCUT2D eigenvalue weighted by molar-refractivity contribution is 0.423. The van der Waals surface area contributed by atoms with Crippen molar-refractivity contribution < 1.29 is 8.42 Å². The van der Waals surface area contributed by atoms with Crippen molar-refractivity contribution >= 4 is 10.0 Å². The van der Waals surface area contributed by atoms with Gasteiger partial charge in [0, 0.05) is 25.5 Å². The molecule has 21 heavy (non-hydrogen) atoms. The molecule has 5 nitrogen and oxygen atoms in total. The summed E-state index contributed by atoms with van der Waals surface area (Å²) in [7, 11) is -3.70. The second-order valence-electron chi connectivity index (χ2n) is 4.39. The molecule has 1 aromatic heterocycles. The van der Waals surface area contributed by atoms with E-state index in [9.17, 15) is 8.42 Å². The average Bonchev–Trinajstić information content (AvgIpc) is 2.53. The van der Waals surface area contributed by atoms with Gasteiger partial charge in [0.25, 0.3) is 0 Å². The van der Waals surface area contributed by atoms with Crippen LogP contribution >= 0.6 is 0 Å². The number of benzene rings is 1. The molecule has 0 N–H and O–H groups in total. The molecule has 0 bridgehead atoms. The number of hydrogen-bond donors (Lipinski definition) is 0. The second kappa shape index (κ2) is 6.48. The maximum atomic E-state index is 12.7. The molecule has 2 rings (SSSR count). The van der Waals surface area contributed by atoms with E-state index in [0.717, 1.165) is 5.56 Å². The van der Waals surface area contributed by atoms with Crippen LogP contribution < -0.4 is 0 Å². The highest BCUT2D eigenvalue weighted by Crippen LogP contribution is 2.21. The van der Waals surface area contributed by atoms with E-state index in [-0.39, 0.29) is 17.0 Å². The van der Waals surface area contributed by atoms with Gasteiger partial charge >= 0.3 is 0 Å². The summed E-state index contributed by atoms with van der Waals surface area (Å²) in [6.45, 7) is 2.35. The fourth-order valence-corrected chi connectivity index (χ4v) is 3.56. The fourth-order valence-electron chi connectivity index (χ4n) is 1.98. The summed E-state index contributed by atoms with van der Waals surface area (Å²) in [6.07, 6.45) is 3.25. The topological polar surface area (TPSA) is 74.1 Å². The Hall–Kier alpha value is -2.23. The Kier molecular flexibility index (Phi) is 4.68. The lowest BCUT2D eigenvalue weighted by atomic mass is 10.2. The zero-order chi connectivity index (χ0) is 15.3. The molecule has 0 atom stereocenters. The smallest absolute Gasteiger partial charge is 0.244 e. The Morgan fingerprint density at radius 1 is 1.19 bits per heavy atom. The first-order chi connectivity index (χ1) is 10.1. The summed E-state index contributed by atoms with van der Waals surface area (Å²) >= 11 is 0. The first-order valence-electron chi connectivity index (χ1n) is 6.47. The molecule has 2 aromatic rings. The molecule has 1 aromatic carbocycles. The van der Waals surface area contributed by atoms with Crippen molar-refractivity contribution in [3.8, 4) is 6.07 Å². The molecule has 108 valence electrons. The number of nitriles is 1. The van der Waals surface area contributed by atoms with Crippen LogP contribution in [0.15, 0.2) is 53.7 Å². The van der Waals surface area contributed by atoms with E-state index < -0.39 is 10.0 Å². The maximum Gasteiger partial charge on any atom is 0.244 e. The lowest BCUT2D eigenvalue weighted by Crippen LogP contribution is -2.31. The Bertz CT molecular complexity index is 752. The third-order valence-corrected chi connectivity index (χ3v) is 5.07. The van der Waals surface area contributed by atoms with Gasteiger partial charge in [-0.15, -0.1) is 0 Å². The molecular weight excluding hydrogens is 286 g/mol. The molecule has 0 aliphatic rings. The van der Waals surface area contributed by atoms with E-state index >= 15 is 0 Å². The van der Waals surface area contributed by atoms with Crippen LogP contribution in [0.3, 0.4) is 0 Å². The van der Waals surface area contributed by atoms with Crippen molar-refractivity contribution in [2.45, 2.75) is 18.4 Å². The van der Waals surface area contributed by atoms with Gasteiger partial charge in [-0.05, 0) is 29.8 Å². The highest BCUT2D eigenvalue weighted by Gasteiger charge is 2.25. The minimum absolute atomic E-state index is 0.0448. The summed E-state index contributed by atoms with van der Waals surface area (Å²) in [4.78, 5) is 3.96. The average molecular weight is 301 g/mol. The molecule has 1 heterocycles. The van der Waals surface area contributed by atoms with Crippen molar-refractivity contribution in [3.63, 3.8) is 0 Å². The molecule has 6 heteroatoms. The van der Waals surface area contributed by atoms with Gasteiger partial charge in [0.1, 0.15) is 6.07 Å². The monoisotopic (exact) mass is 301 g/mol. The van der Waals surface area contributed by atoms with Crippen molar-refractivity contribution in [2.24, 2.45) is 0 Å². The van der Waals surface area contributed by atoms with Gasteiger partial charge in [0.05, 0.1) is 10.5 Å². The number of sulfonamides is 1. The van der Waals surface area contributed by atoms with Crippen LogP contribution in [-0.2, 0) is 16.6 Å². The molecule has 0 aliphatic heterocycles. The summed E-state index contributed by atoms with van der Waals surface area (Å²) in [5, 5.41) is 9.08.